The molecule has 3 nitrogen and oxygen atoms in total. The van der Waals surface area contributed by atoms with Crippen LogP contribution in [0.5, 0.6) is 11.5 Å². The van der Waals surface area contributed by atoms with Gasteiger partial charge in [0, 0.05) is 6.04 Å². The van der Waals surface area contributed by atoms with E-state index in [0.717, 1.165) is 24.5 Å². The van der Waals surface area contributed by atoms with Crippen molar-refractivity contribution in [3.05, 3.63) is 23.3 Å². The second kappa shape index (κ2) is 5.65. The molecular formula is C17H29NO2Si. The molecule has 1 aromatic carbocycles. The van der Waals surface area contributed by atoms with E-state index >= 15 is 0 Å². The van der Waals surface area contributed by atoms with Crippen LogP contribution in [-0.4, -0.2) is 22.0 Å². The Bertz CT molecular complexity index is 520. The highest BCUT2D eigenvalue weighted by atomic mass is 28.4. The summed E-state index contributed by atoms with van der Waals surface area (Å²) in [5, 5.41) is 3.68. The van der Waals surface area contributed by atoms with Gasteiger partial charge in [-0.05, 0) is 61.3 Å². The van der Waals surface area contributed by atoms with E-state index in [1.165, 1.54) is 11.1 Å². The lowest BCUT2D eigenvalue weighted by Gasteiger charge is -2.37. The van der Waals surface area contributed by atoms with Crippen molar-refractivity contribution in [2.45, 2.75) is 58.3 Å². The number of methoxy groups -OCH3 is 1. The summed E-state index contributed by atoms with van der Waals surface area (Å²) in [7, 11) is -0.128. The third kappa shape index (κ3) is 3.27. The highest BCUT2D eigenvalue weighted by Crippen LogP contribution is 2.42. The lowest BCUT2D eigenvalue weighted by Crippen LogP contribution is -2.44. The van der Waals surface area contributed by atoms with Crippen molar-refractivity contribution in [2.75, 3.05) is 13.7 Å². The van der Waals surface area contributed by atoms with Crippen molar-refractivity contribution in [1.29, 1.82) is 0 Å². The Morgan fingerprint density at radius 3 is 2.43 bits per heavy atom. The molecule has 1 atom stereocenters. The van der Waals surface area contributed by atoms with Crippen LogP contribution in [0.3, 0.4) is 0 Å². The molecule has 0 radical (unpaired) electrons. The van der Waals surface area contributed by atoms with Gasteiger partial charge in [0.15, 0.2) is 5.75 Å². The number of benzene rings is 1. The predicted octanol–water partition coefficient (Wildman–Crippen LogP) is 4.29. The molecule has 0 aliphatic carbocycles. The molecule has 0 aromatic heterocycles. The summed E-state index contributed by atoms with van der Waals surface area (Å²) < 4.78 is 12.1. The zero-order chi connectivity index (χ0) is 15.8. The molecule has 1 aliphatic rings. The maximum Gasteiger partial charge on any atom is 0.250 e. The van der Waals surface area contributed by atoms with Crippen LogP contribution in [0.2, 0.25) is 18.1 Å². The first-order valence-electron chi connectivity index (χ1n) is 7.79. The normalized spacial score (nSPS) is 19.1. The predicted molar refractivity (Wildman–Crippen MR) is 90.9 cm³/mol. The molecule has 1 N–H and O–H groups in total. The zero-order valence-electron chi connectivity index (χ0n) is 14.5. The lowest BCUT2D eigenvalue weighted by atomic mass is 9.95. The van der Waals surface area contributed by atoms with Crippen LogP contribution >= 0.6 is 0 Å². The van der Waals surface area contributed by atoms with E-state index in [-0.39, 0.29) is 5.04 Å². The topological polar surface area (TPSA) is 30.5 Å². The minimum atomic E-state index is -1.85. The van der Waals surface area contributed by atoms with Gasteiger partial charge in [-0.2, -0.15) is 0 Å². The largest absolute Gasteiger partial charge is 0.541 e. The average Bonchev–Trinajstić information content (AvgIpc) is 2.36. The smallest absolute Gasteiger partial charge is 0.250 e. The molecule has 4 heteroatoms. The second-order valence-electron chi connectivity index (χ2n) is 7.49. The minimum absolute atomic E-state index is 0.183. The Hall–Kier alpha value is -1.00. The monoisotopic (exact) mass is 307 g/mol. The zero-order valence-corrected chi connectivity index (χ0v) is 15.5. The van der Waals surface area contributed by atoms with E-state index in [1.807, 2.05) is 0 Å². The molecule has 0 fully saturated rings. The molecule has 1 heterocycles. The standard InChI is InChI=1S/C17H29NO2Si/c1-12-14-11-15(19-5)16(10-13(14)8-9-18-12)20-21(6,7)17(2,3)4/h10-12,18H,8-9H2,1-7H3. The summed E-state index contributed by atoms with van der Waals surface area (Å²) >= 11 is 0. The summed E-state index contributed by atoms with van der Waals surface area (Å²) in [6.07, 6.45) is 1.05. The SMILES string of the molecule is COc1cc2c(cc1O[Si](C)(C)C(C)(C)C)CCNC2C. The quantitative estimate of drug-likeness (QED) is 0.845. The Morgan fingerprint density at radius 1 is 1.19 bits per heavy atom. The van der Waals surface area contributed by atoms with Crippen molar-refractivity contribution in [1.82, 2.24) is 5.32 Å². The molecule has 1 aliphatic heterocycles. The van der Waals surface area contributed by atoms with E-state index < -0.39 is 8.32 Å². The molecule has 21 heavy (non-hydrogen) atoms. The van der Waals surface area contributed by atoms with Gasteiger partial charge in [-0.1, -0.05) is 20.8 Å². The fraction of sp³-hybridized carbons (Fsp3) is 0.647. The summed E-state index contributed by atoms with van der Waals surface area (Å²) in [5.41, 5.74) is 2.72. The molecule has 1 unspecified atom stereocenters. The Balaban J connectivity index is 2.40. The van der Waals surface area contributed by atoms with Gasteiger partial charge in [0.05, 0.1) is 7.11 Å². The fourth-order valence-corrected chi connectivity index (χ4v) is 3.45. The van der Waals surface area contributed by atoms with Crippen LogP contribution in [-0.2, 0) is 6.42 Å². The Labute approximate surface area is 130 Å². The van der Waals surface area contributed by atoms with Crippen LogP contribution < -0.4 is 14.5 Å². The van der Waals surface area contributed by atoms with Gasteiger partial charge < -0.3 is 14.5 Å². The molecule has 2 rings (SSSR count). The van der Waals surface area contributed by atoms with Crippen molar-refractivity contribution in [3.8, 4) is 11.5 Å². The third-order valence-corrected chi connectivity index (χ3v) is 9.25. The average molecular weight is 308 g/mol. The van der Waals surface area contributed by atoms with Gasteiger partial charge in [0.1, 0.15) is 5.75 Å². The molecule has 0 spiro atoms. The molecule has 0 saturated heterocycles. The highest BCUT2D eigenvalue weighted by molar-refractivity contribution is 6.74. The van der Waals surface area contributed by atoms with Crippen LogP contribution in [0.25, 0.3) is 0 Å². The number of nitrogens with one attached hydrogen (secondary N) is 1. The number of fused-ring (bicyclic) bond motifs is 1. The molecule has 0 saturated carbocycles. The molecule has 118 valence electrons. The fourth-order valence-electron chi connectivity index (χ4n) is 2.44. The number of hydrogen-bond donors (Lipinski definition) is 1. The van der Waals surface area contributed by atoms with Gasteiger partial charge in [0.25, 0.3) is 8.32 Å². The first-order chi connectivity index (χ1) is 9.65. The third-order valence-electron chi connectivity index (χ3n) is 4.91. The van der Waals surface area contributed by atoms with Crippen molar-refractivity contribution in [3.63, 3.8) is 0 Å². The van der Waals surface area contributed by atoms with Crippen LogP contribution in [0.1, 0.15) is 44.9 Å². The molecule has 1 aromatic rings. The second-order valence-corrected chi connectivity index (χ2v) is 12.2. The van der Waals surface area contributed by atoms with Crippen LogP contribution in [0, 0.1) is 0 Å². The molecular weight excluding hydrogens is 278 g/mol. The van der Waals surface area contributed by atoms with Gasteiger partial charge in [-0.25, -0.2) is 0 Å². The molecule has 0 amide bonds. The summed E-state index contributed by atoms with van der Waals surface area (Å²) in [6.45, 7) is 14.6. The van der Waals surface area contributed by atoms with E-state index in [9.17, 15) is 0 Å². The summed E-state index contributed by atoms with van der Waals surface area (Å²) in [5.74, 6) is 1.77. The summed E-state index contributed by atoms with van der Waals surface area (Å²) in [6, 6.07) is 4.73. The Morgan fingerprint density at radius 2 is 1.86 bits per heavy atom. The maximum atomic E-state index is 6.48. The minimum Gasteiger partial charge on any atom is -0.541 e. The molecule has 0 bridgehead atoms. The van der Waals surface area contributed by atoms with Crippen molar-refractivity contribution < 1.29 is 9.16 Å². The van der Waals surface area contributed by atoms with Crippen LogP contribution in [0.4, 0.5) is 0 Å². The number of rotatable bonds is 3. The van der Waals surface area contributed by atoms with E-state index in [1.54, 1.807) is 7.11 Å². The van der Waals surface area contributed by atoms with Gasteiger partial charge in [-0.15, -0.1) is 0 Å². The van der Waals surface area contributed by atoms with Gasteiger partial charge in [-0.3, -0.25) is 0 Å². The Kier molecular flexibility index (Phi) is 4.40. The van der Waals surface area contributed by atoms with E-state index in [2.05, 4.69) is 58.2 Å². The maximum absolute atomic E-state index is 6.48. The van der Waals surface area contributed by atoms with Crippen LogP contribution in [0.15, 0.2) is 12.1 Å². The number of ether oxygens (including phenoxy) is 1. The van der Waals surface area contributed by atoms with E-state index in [0.29, 0.717) is 6.04 Å². The van der Waals surface area contributed by atoms with Gasteiger partial charge in [0.2, 0.25) is 0 Å². The van der Waals surface area contributed by atoms with Gasteiger partial charge >= 0.3 is 0 Å². The summed E-state index contributed by atoms with van der Waals surface area (Å²) in [4.78, 5) is 0. The first-order valence-corrected chi connectivity index (χ1v) is 10.7. The van der Waals surface area contributed by atoms with E-state index in [4.69, 9.17) is 9.16 Å². The number of hydrogen-bond acceptors (Lipinski definition) is 3. The highest BCUT2D eigenvalue weighted by Gasteiger charge is 2.39. The first kappa shape index (κ1) is 16.4. The lowest BCUT2D eigenvalue weighted by molar-refractivity contribution is 0.383. The van der Waals surface area contributed by atoms with Crippen molar-refractivity contribution >= 4 is 8.32 Å². The van der Waals surface area contributed by atoms with Crippen molar-refractivity contribution in [2.24, 2.45) is 0 Å².